The maximum absolute atomic E-state index is 12.8. The number of hydroxylamine groups is 2. The largest absolute Gasteiger partial charge is 0.339 e. The standard InChI is InChI=1S/C14H16FN3O2/c15-12-4-2-11(3-5-12)10-13-16-14(20-17-13)6-8-18-7-1-9-19-18/h2-5H,1,6-10H2. The summed E-state index contributed by atoms with van der Waals surface area (Å²) in [5.41, 5.74) is 0.960. The zero-order valence-corrected chi connectivity index (χ0v) is 11.1. The van der Waals surface area contributed by atoms with Gasteiger partial charge in [0.15, 0.2) is 5.82 Å². The fourth-order valence-electron chi connectivity index (χ4n) is 2.14. The monoisotopic (exact) mass is 277 g/mol. The van der Waals surface area contributed by atoms with Gasteiger partial charge in [0.25, 0.3) is 0 Å². The predicted molar refractivity (Wildman–Crippen MR) is 69.4 cm³/mol. The Morgan fingerprint density at radius 2 is 2.10 bits per heavy atom. The minimum Gasteiger partial charge on any atom is -0.339 e. The summed E-state index contributed by atoms with van der Waals surface area (Å²) in [6.45, 7) is 2.51. The van der Waals surface area contributed by atoms with Crippen LogP contribution in [0.25, 0.3) is 0 Å². The molecule has 0 radical (unpaired) electrons. The molecule has 1 aromatic heterocycles. The molecular formula is C14H16FN3O2. The van der Waals surface area contributed by atoms with Gasteiger partial charge >= 0.3 is 0 Å². The van der Waals surface area contributed by atoms with E-state index in [4.69, 9.17) is 9.36 Å². The van der Waals surface area contributed by atoms with Crippen molar-refractivity contribution in [3.05, 3.63) is 47.4 Å². The van der Waals surface area contributed by atoms with E-state index < -0.39 is 0 Å². The van der Waals surface area contributed by atoms with Gasteiger partial charge in [-0.15, -0.1) is 0 Å². The van der Waals surface area contributed by atoms with Crippen LogP contribution in [0.1, 0.15) is 23.7 Å². The zero-order valence-electron chi connectivity index (χ0n) is 11.1. The van der Waals surface area contributed by atoms with Crippen molar-refractivity contribution in [1.82, 2.24) is 15.2 Å². The molecule has 0 N–H and O–H groups in total. The molecule has 5 nitrogen and oxygen atoms in total. The Kier molecular flexibility index (Phi) is 4.03. The lowest BCUT2D eigenvalue weighted by Crippen LogP contribution is -2.20. The zero-order chi connectivity index (χ0) is 13.8. The first-order chi connectivity index (χ1) is 9.79. The third kappa shape index (κ3) is 3.40. The Bertz CT molecular complexity index is 550. The highest BCUT2D eigenvalue weighted by Gasteiger charge is 2.14. The van der Waals surface area contributed by atoms with Crippen LogP contribution in [-0.2, 0) is 17.7 Å². The summed E-state index contributed by atoms with van der Waals surface area (Å²) in [7, 11) is 0. The van der Waals surface area contributed by atoms with Gasteiger partial charge in [-0.3, -0.25) is 4.84 Å². The molecular weight excluding hydrogens is 261 g/mol. The van der Waals surface area contributed by atoms with Gasteiger partial charge in [-0.1, -0.05) is 17.3 Å². The highest BCUT2D eigenvalue weighted by atomic mass is 19.1. The molecule has 6 heteroatoms. The van der Waals surface area contributed by atoms with E-state index in [2.05, 4.69) is 10.1 Å². The number of aromatic nitrogens is 2. The molecule has 0 saturated carbocycles. The van der Waals surface area contributed by atoms with E-state index in [1.54, 1.807) is 12.1 Å². The average Bonchev–Trinajstić information content (AvgIpc) is 3.10. The van der Waals surface area contributed by atoms with Crippen LogP contribution in [0.15, 0.2) is 28.8 Å². The molecule has 1 aromatic carbocycles. The van der Waals surface area contributed by atoms with E-state index in [-0.39, 0.29) is 5.82 Å². The second kappa shape index (κ2) is 6.11. The molecule has 0 unspecified atom stereocenters. The fourth-order valence-corrected chi connectivity index (χ4v) is 2.14. The van der Waals surface area contributed by atoms with Crippen LogP contribution in [0.2, 0.25) is 0 Å². The van der Waals surface area contributed by atoms with Crippen LogP contribution in [0.4, 0.5) is 4.39 Å². The molecule has 1 aliphatic rings. The smallest absolute Gasteiger partial charge is 0.228 e. The molecule has 20 heavy (non-hydrogen) atoms. The minimum absolute atomic E-state index is 0.242. The summed E-state index contributed by atoms with van der Waals surface area (Å²) in [4.78, 5) is 9.73. The summed E-state index contributed by atoms with van der Waals surface area (Å²) in [5, 5.41) is 5.86. The van der Waals surface area contributed by atoms with Crippen molar-refractivity contribution in [2.24, 2.45) is 0 Å². The molecule has 0 aliphatic carbocycles. The van der Waals surface area contributed by atoms with Crippen LogP contribution in [0, 0.1) is 5.82 Å². The lowest BCUT2D eigenvalue weighted by atomic mass is 10.1. The number of nitrogens with zero attached hydrogens (tertiary/aromatic N) is 3. The minimum atomic E-state index is -0.242. The number of benzene rings is 1. The molecule has 106 valence electrons. The quantitative estimate of drug-likeness (QED) is 0.836. The highest BCUT2D eigenvalue weighted by Crippen LogP contribution is 2.10. The van der Waals surface area contributed by atoms with Gasteiger partial charge in [-0.25, -0.2) is 4.39 Å². The average molecular weight is 277 g/mol. The van der Waals surface area contributed by atoms with Crippen molar-refractivity contribution in [2.75, 3.05) is 19.7 Å². The van der Waals surface area contributed by atoms with E-state index in [1.165, 1.54) is 12.1 Å². The fraction of sp³-hybridized carbons (Fsp3) is 0.429. The first kappa shape index (κ1) is 13.2. The Hall–Kier alpha value is -1.79. The van der Waals surface area contributed by atoms with E-state index in [9.17, 15) is 4.39 Å². The first-order valence-electron chi connectivity index (χ1n) is 6.73. The van der Waals surface area contributed by atoms with E-state index >= 15 is 0 Å². The van der Waals surface area contributed by atoms with Crippen molar-refractivity contribution in [2.45, 2.75) is 19.3 Å². The normalized spacial score (nSPS) is 15.8. The van der Waals surface area contributed by atoms with Crippen LogP contribution in [0.3, 0.4) is 0 Å². The Labute approximate surface area is 116 Å². The van der Waals surface area contributed by atoms with Gasteiger partial charge in [-0.05, 0) is 24.1 Å². The van der Waals surface area contributed by atoms with Crippen LogP contribution < -0.4 is 0 Å². The number of rotatable bonds is 5. The van der Waals surface area contributed by atoms with Crippen molar-refractivity contribution < 1.29 is 13.8 Å². The van der Waals surface area contributed by atoms with Crippen molar-refractivity contribution in [1.29, 1.82) is 0 Å². The Morgan fingerprint density at radius 1 is 1.25 bits per heavy atom. The SMILES string of the molecule is Fc1ccc(Cc2noc(CCN3CCCO3)n2)cc1. The second-order valence-corrected chi connectivity index (χ2v) is 4.77. The maximum atomic E-state index is 12.8. The number of hydrogen-bond acceptors (Lipinski definition) is 5. The molecule has 0 atom stereocenters. The van der Waals surface area contributed by atoms with Gasteiger partial charge in [0.2, 0.25) is 5.89 Å². The summed E-state index contributed by atoms with van der Waals surface area (Å²) in [6, 6.07) is 6.31. The lowest BCUT2D eigenvalue weighted by Gasteiger charge is -2.10. The lowest BCUT2D eigenvalue weighted by molar-refractivity contribution is -0.109. The summed E-state index contributed by atoms with van der Waals surface area (Å²) in [6.07, 6.45) is 2.29. The maximum Gasteiger partial charge on any atom is 0.228 e. The Morgan fingerprint density at radius 3 is 2.85 bits per heavy atom. The molecule has 1 aliphatic heterocycles. The molecule has 0 spiro atoms. The molecule has 1 fully saturated rings. The van der Waals surface area contributed by atoms with Crippen LogP contribution >= 0.6 is 0 Å². The van der Waals surface area contributed by atoms with Crippen LogP contribution in [-0.4, -0.2) is 34.9 Å². The van der Waals surface area contributed by atoms with Crippen molar-refractivity contribution >= 4 is 0 Å². The number of hydrogen-bond donors (Lipinski definition) is 0. The van der Waals surface area contributed by atoms with Crippen LogP contribution in [0.5, 0.6) is 0 Å². The van der Waals surface area contributed by atoms with Gasteiger partial charge in [-0.2, -0.15) is 10.0 Å². The second-order valence-electron chi connectivity index (χ2n) is 4.77. The summed E-state index contributed by atoms with van der Waals surface area (Å²) in [5.74, 6) is 0.986. The highest BCUT2D eigenvalue weighted by molar-refractivity contribution is 5.19. The van der Waals surface area contributed by atoms with Crippen molar-refractivity contribution in [3.8, 4) is 0 Å². The molecule has 0 bridgehead atoms. The van der Waals surface area contributed by atoms with Gasteiger partial charge in [0.1, 0.15) is 5.82 Å². The molecule has 2 heterocycles. The summed E-state index contributed by atoms with van der Waals surface area (Å²) < 4.78 is 18.0. The van der Waals surface area contributed by atoms with Gasteiger partial charge in [0.05, 0.1) is 6.61 Å². The third-order valence-corrected chi connectivity index (χ3v) is 3.19. The third-order valence-electron chi connectivity index (χ3n) is 3.19. The van der Waals surface area contributed by atoms with Crippen molar-refractivity contribution in [3.63, 3.8) is 0 Å². The van der Waals surface area contributed by atoms with E-state index in [0.717, 1.165) is 31.7 Å². The van der Waals surface area contributed by atoms with E-state index in [1.807, 2.05) is 5.06 Å². The molecule has 1 saturated heterocycles. The predicted octanol–water partition coefficient (Wildman–Crippen LogP) is 1.98. The topological polar surface area (TPSA) is 51.4 Å². The molecule has 2 aromatic rings. The molecule has 0 amide bonds. The summed E-state index contributed by atoms with van der Waals surface area (Å²) >= 11 is 0. The number of halogens is 1. The molecule has 3 rings (SSSR count). The first-order valence-corrected chi connectivity index (χ1v) is 6.73. The van der Waals surface area contributed by atoms with Gasteiger partial charge in [0, 0.05) is 25.9 Å². The Balaban J connectivity index is 1.54. The van der Waals surface area contributed by atoms with E-state index in [0.29, 0.717) is 24.6 Å². The van der Waals surface area contributed by atoms with Gasteiger partial charge < -0.3 is 4.52 Å².